The Morgan fingerprint density at radius 3 is 2.96 bits per heavy atom. The molecule has 0 saturated carbocycles. The van der Waals surface area contributed by atoms with E-state index in [-0.39, 0.29) is 17.5 Å². The highest BCUT2D eigenvalue weighted by molar-refractivity contribution is 5.77. The molecule has 1 aliphatic rings. The number of morpholine rings is 1. The number of nitrogens with zero attached hydrogens (tertiary/aromatic N) is 3. The lowest BCUT2D eigenvalue weighted by Crippen LogP contribution is -2.47. The van der Waals surface area contributed by atoms with Gasteiger partial charge in [0.15, 0.2) is 0 Å². The van der Waals surface area contributed by atoms with Crippen molar-refractivity contribution in [3.05, 3.63) is 40.4 Å². The summed E-state index contributed by atoms with van der Waals surface area (Å²) in [6, 6.07) is 7.48. The summed E-state index contributed by atoms with van der Waals surface area (Å²) in [5.41, 5.74) is 0.680. The Bertz CT molecular complexity index is 800. The van der Waals surface area contributed by atoms with Crippen LogP contribution in [-0.2, 0) is 16.1 Å². The Morgan fingerprint density at radius 2 is 2.17 bits per heavy atom. The molecule has 1 fully saturated rings. The first-order valence-electron chi connectivity index (χ1n) is 8.41. The normalized spacial score (nSPS) is 18.1. The summed E-state index contributed by atoms with van der Waals surface area (Å²) in [6.07, 6.45) is 1.06. The van der Waals surface area contributed by atoms with Crippen molar-refractivity contribution < 1.29 is 9.53 Å². The van der Waals surface area contributed by atoms with E-state index >= 15 is 0 Å². The fourth-order valence-electron chi connectivity index (χ4n) is 3.17. The van der Waals surface area contributed by atoms with E-state index in [0.29, 0.717) is 50.4 Å². The van der Waals surface area contributed by atoms with Crippen molar-refractivity contribution in [2.24, 2.45) is 0 Å². The molecule has 1 aromatic heterocycles. The molecule has 3 rings (SSSR count). The van der Waals surface area contributed by atoms with Gasteiger partial charge in [-0.2, -0.15) is 0 Å². The quantitative estimate of drug-likeness (QED) is 0.857. The number of carbonyl (C=O) groups is 1. The van der Waals surface area contributed by atoms with Crippen molar-refractivity contribution in [2.45, 2.75) is 39.3 Å². The first-order chi connectivity index (χ1) is 11.6. The van der Waals surface area contributed by atoms with E-state index < -0.39 is 0 Å². The number of aromatic nitrogens is 2. The van der Waals surface area contributed by atoms with Crippen molar-refractivity contribution in [3.63, 3.8) is 0 Å². The Kier molecular flexibility index (Phi) is 4.94. The van der Waals surface area contributed by atoms with Gasteiger partial charge in [-0.3, -0.25) is 14.2 Å². The largest absolute Gasteiger partial charge is 0.377 e. The molecule has 0 N–H and O–H groups in total. The standard InChI is InChI=1S/C18H23N3O3/c1-13-12-24-11-10-20(13)17(22)8-5-9-21-14(2)19-16-7-4-3-6-15(16)18(21)23/h3-4,6-7,13H,5,8-12H2,1-2H3. The van der Waals surface area contributed by atoms with Gasteiger partial charge in [0.25, 0.3) is 5.56 Å². The molecule has 128 valence electrons. The Labute approximate surface area is 141 Å². The van der Waals surface area contributed by atoms with Crippen molar-refractivity contribution >= 4 is 16.8 Å². The zero-order valence-corrected chi connectivity index (χ0v) is 14.2. The van der Waals surface area contributed by atoms with Gasteiger partial charge < -0.3 is 9.64 Å². The van der Waals surface area contributed by atoms with Gasteiger partial charge >= 0.3 is 0 Å². The molecule has 0 radical (unpaired) electrons. The molecule has 24 heavy (non-hydrogen) atoms. The molecule has 1 aliphatic heterocycles. The molecule has 0 spiro atoms. The molecule has 0 bridgehead atoms. The highest BCUT2D eigenvalue weighted by atomic mass is 16.5. The van der Waals surface area contributed by atoms with Crippen LogP contribution < -0.4 is 5.56 Å². The van der Waals surface area contributed by atoms with E-state index in [1.807, 2.05) is 36.9 Å². The molecule has 1 amide bonds. The third-order valence-corrected chi connectivity index (χ3v) is 4.51. The number of carbonyl (C=O) groups excluding carboxylic acids is 1. The van der Waals surface area contributed by atoms with E-state index in [0.717, 1.165) is 5.52 Å². The van der Waals surface area contributed by atoms with Crippen LogP contribution in [0, 0.1) is 6.92 Å². The van der Waals surface area contributed by atoms with Crippen LogP contribution in [0.2, 0.25) is 0 Å². The summed E-state index contributed by atoms with van der Waals surface area (Å²) in [4.78, 5) is 31.3. The number of rotatable bonds is 4. The van der Waals surface area contributed by atoms with Crippen LogP contribution in [0.3, 0.4) is 0 Å². The number of amides is 1. The van der Waals surface area contributed by atoms with E-state index in [2.05, 4.69) is 4.98 Å². The Morgan fingerprint density at radius 1 is 1.38 bits per heavy atom. The lowest BCUT2D eigenvalue weighted by Gasteiger charge is -2.33. The van der Waals surface area contributed by atoms with Crippen LogP contribution in [-0.4, -0.2) is 46.2 Å². The van der Waals surface area contributed by atoms with Gasteiger partial charge in [0.2, 0.25) is 5.91 Å². The van der Waals surface area contributed by atoms with Crippen molar-refractivity contribution in [1.82, 2.24) is 14.5 Å². The first-order valence-corrected chi connectivity index (χ1v) is 8.41. The Balaban J connectivity index is 1.68. The monoisotopic (exact) mass is 329 g/mol. The summed E-state index contributed by atoms with van der Waals surface area (Å²) in [5, 5.41) is 0.622. The lowest BCUT2D eigenvalue weighted by atomic mass is 10.2. The van der Waals surface area contributed by atoms with Crippen LogP contribution in [0.1, 0.15) is 25.6 Å². The second kappa shape index (κ2) is 7.13. The minimum Gasteiger partial charge on any atom is -0.377 e. The van der Waals surface area contributed by atoms with Gasteiger partial charge in [-0.15, -0.1) is 0 Å². The van der Waals surface area contributed by atoms with Gasteiger partial charge in [0.1, 0.15) is 5.82 Å². The number of hydrogen-bond donors (Lipinski definition) is 0. The number of ether oxygens (including phenoxy) is 1. The average Bonchev–Trinajstić information content (AvgIpc) is 2.58. The number of fused-ring (bicyclic) bond motifs is 1. The summed E-state index contributed by atoms with van der Waals surface area (Å²) in [5.74, 6) is 0.816. The fourth-order valence-corrected chi connectivity index (χ4v) is 3.17. The molecule has 0 aliphatic carbocycles. The smallest absolute Gasteiger partial charge is 0.261 e. The van der Waals surface area contributed by atoms with E-state index in [4.69, 9.17) is 4.74 Å². The maximum absolute atomic E-state index is 12.6. The molecule has 1 atom stereocenters. The zero-order valence-electron chi connectivity index (χ0n) is 14.2. The van der Waals surface area contributed by atoms with E-state index in [1.165, 1.54) is 0 Å². The minimum absolute atomic E-state index is 0.0368. The molecule has 1 saturated heterocycles. The van der Waals surface area contributed by atoms with Gasteiger partial charge in [-0.25, -0.2) is 4.98 Å². The maximum atomic E-state index is 12.6. The topological polar surface area (TPSA) is 64.4 Å². The molecule has 1 unspecified atom stereocenters. The first kappa shape index (κ1) is 16.6. The van der Waals surface area contributed by atoms with Gasteiger partial charge in [0.05, 0.1) is 30.2 Å². The predicted molar refractivity (Wildman–Crippen MR) is 92.0 cm³/mol. The molecule has 2 aromatic rings. The van der Waals surface area contributed by atoms with Crippen LogP contribution in [0.15, 0.2) is 29.1 Å². The molecule has 1 aromatic carbocycles. The van der Waals surface area contributed by atoms with E-state index in [1.54, 1.807) is 10.6 Å². The highest BCUT2D eigenvalue weighted by Crippen LogP contribution is 2.11. The zero-order chi connectivity index (χ0) is 17.1. The van der Waals surface area contributed by atoms with E-state index in [9.17, 15) is 9.59 Å². The molecule has 2 heterocycles. The third kappa shape index (κ3) is 3.33. The van der Waals surface area contributed by atoms with Crippen LogP contribution in [0.4, 0.5) is 0 Å². The van der Waals surface area contributed by atoms with Crippen molar-refractivity contribution in [3.8, 4) is 0 Å². The summed E-state index contributed by atoms with van der Waals surface area (Å²) >= 11 is 0. The van der Waals surface area contributed by atoms with Gasteiger partial charge in [-0.05, 0) is 32.4 Å². The number of aryl methyl sites for hydroxylation is 1. The molecular formula is C18H23N3O3. The van der Waals surface area contributed by atoms with Crippen LogP contribution in [0.25, 0.3) is 10.9 Å². The number of benzene rings is 1. The SMILES string of the molecule is Cc1nc2ccccc2c(=O)n1CCCC(=O)N1CCOCC1C. The van der Waals surface area contributed by atoms with Gasteiger partial charge in [0, 0.05) is 19.5 Å². The highest BCUT2D eigenvalue weighted by Gasteiger charge is 2.23. The summed E-state index contributed by atoms with van der Waals surface area (Å²) in [7, 11) is 0. The van der Waals surface area contributed by atoms with Gasteiger partial charge in [-0.1, -0.05) is 12.1 Å². The molecule has 6 heteroatoms. The van der Waals surface area contributed by atoms with Crippen molar-refractivity contribution in [2.75, 3.05) is 19.8 Å². The number of para-hydroxylation sites is 1. The second-order valence-electron chi connectivity index (χ2n) is 6.25. The van der Waals surface area contributed by atoms with Crippen LogP contribution >= 0.6 is 0 Å². The maximum Gasteiger partial charge on any atom is 0.261 e. The predicted octanol–water partition coefficient (Wildman–Crippen LogP) is 1.73. The lowest BCUT2D eigenvalue weighted by molar-refractivity contribution is -0.139. The third-order valence-electron chi connectivity index (χ3n) is 4.51. The van der Waals surface area contributed by atoms with Crippen LogP contribution in [0.5, 0.6) is 0 Å². The fraction of sp³-hybridized carbons (Fsp3) is 0.500. The average molecular weight is 329 g/mol. The Hall–Kier alpha value is -2.21. The second-order valence-corrected chi connectivity index (χ2v) is 6.25. The molecule has 6 nitrogen and oxygen atoms in total. The van der Waals surface area contributed by atoms with Crippen molar-refractivity contribution in [1.29, 1.82) is 0 Å². The summed E-state index contributed by atoms with van der Waals surface area (Å²) < 4.78 is 7.03. The minimum atomic E-state index is -0.0368. The number of hydrogen-bond acceptors (Lipinski definition) is 4. The summed E-state index contributed by atoms with van der Waals surface area (Å²) in [6.45, 7) is 6.18. The molecular weight excluding hydrogens is 306 g/mol.